The number of hydrogen-bond acceptors (Lipinski definition) is 3. The van der Waals surface area contributed by atoms with Crippen LogP contribution in [0, 0.1) is 0 Å². The molecule has 5 heteroatoms. The molecule has 0 unspecified atom stereocenters. The first kappa shape index (κ1) is 11.6. The highest BCUT2D eigenvalue weighted by atomic mass is 19.3. The molecular weight excluding hydrogens is 226 g/mol. The molecule has 17 heavy (non-hydrogen) atoms. The normalized spacial score (nSPS) is 11.7. The molecular formula is C12H12F2N2O. The van der Waals surface area contributed by atoms with Crippen LogP contribution in [0.15, 0.2) is 34.9 Å². The fraction of sp³-hybridized carbons (Fsp3) is 0.250. The topological polar surface area (TPSA) is 52.0 Å². The Morgan fingerprint density at radius 3 is 2.71 bits per heavy atom. The van der Waals surface area contributed by atoms with Gasteiger partial charge >= 0.3 is 0 Å². The standard InChI is InChI=1S/C12H12F2N2O/c1-12(13,14)7-8-3-2-4-9(5-8)10-6-11(15)16-17-10/h2-6H,7H2,1H3,(H2,15,16). The quantitative estimate of drug-likeness (QED) is 0.893. The second-order valence-electron chi connectivity index (χ2n) is 4.06. The van der Waals surface area contributed by atoms with Crippen molar-refractivity contribution in [1.29, 1.82) is 0 Å². The van der Waals surface area contributed by atoms with Crippen molar-refractivity contribution in [3.05, 3.63) is 35.9 Å². The highest BCUT2D eigenvalue weighted by molar-refractivity contribution is 5.60. The number of alkyl halides is 2. The van der Waals surface area contributed by atoms with Gasteiger partial charge in [0.15, 0.2) is 11.6 Å². The number of nitrogens with zero attached hydrogens (tertiary/aromatic N) is 1. The van der Waals surface area contributed by atoms with Gasteiger partial charge in [-0.3, -0.25) is 0 Å². The van der Waals surface area contributed by atoms with E-state index in [0.29, 0.717) is 16.9 Å². The largest absolute Gasteiger partial charge is 0.381 e. The first-order chi connectivity index (χ1) is 7.94. The first-order valence-corrected chi connectivity index (χ1v) is 5.13. The van der Waals surface area contributed by atoms with Crippen LogP contribution in [0.1, 0.15) is 12.5 Å². The number of nitrogens with two attached hydrogens (primary N) is 1. The fourth-order valence-electron chi connectivity index (χ4n) is 1.62. The maximum Gasteiger partial charge on any atom is 0.249 e. The molecule has 0 aliphatic heterocycles. The van der Waals surface area contributed by atoms with Crippen molar-refractivity contribution >= 4 is 5.82 Å². The second-order valence-corrected chi connectivity index (χ2v) is 4.06. The van der Waals surface area contributed by atoms with E-state index in [9.17, 15) is 8.78 Å². The van der Waals surface area contributed by atoms with E-state index in [-0.39, 0.29) is 12.2 Å². The van der Waals surface area contributed by atoms with Crippen molar-refractivity contribution in [3.63, 3.8) is 0 Å². The molecule has 0 spiro atoms. The Morgan fingerprint density at radius 1 is 1.35 bits per heavy atom. The molecule has 0 saturated heterocycles. The zero-order valence-corrected chi connectivity index (χ0v) is 9.28. The maximum absolute atomic E-state index is 12.9. The average Bonchev–Trinajstić information content (AvgIpc) is 2.63. The van der Waals surface area contributed by atoms with Crippen LogP contribution in [0.4, 0.5) is 14.6 Å². The minimum absolute atomic E-state index is 0.270. The molecule has 0 fully saturated rings. The van der Waals surface area contributed by atoms with Crippen molar-refractivity contribution in [2.45, 2.75) is 19.3 Å². The van der Waals surface area contributed by atoms with Crippen LogP contribution in [-0.2, 0) is 6.42 Å². The van der Waals surface area contributed by atoms with Crippen LogP contribution >= 0.6 is 0 Å². The lowest BCUT2D eigenvalue weighted by molar-refractivity contribution is 0.0226. The second kappa shape index (κ2) is 4.16. The van der Waals surface area contributed by atoms with E-state index < -0.39 is 5.92 Å². The maximum atomic E-state index is 12.9. The lowest BCUT2D eigenvalue weighted by Crippen LogP contribution is -2.13. The number of anilines is 1. The fourth-order valence-corrected chi connectivity index (χ4v) is 1.62. The molecule has 1 heterocycles. The van der Waals surface area contributed by atoms with E-state index in [0.717, 1.165) is 6.92 Å². The molecule has 2 rings (SSSR count). The van der Waals surface area contributed by atoms with E-state index in [4.69, 9.17) is 10.3 Å². The predicted octanol–water partition coefficient (Wildman–Crippen LogP) is 3.12. The molecule has 0 amide bonds. The molecule has 2 aromatic rings. The Hall–Kier alpha value is -1.91. The molecule has 2 N–H and O–H groups in total. The summed E-state index contributed by atoms with van der Waals surface area (Å²) in [6, 6.07) is 8.33. The highest BCUT2D eigenvalue weighted by Crippen LogP contribution is 2.25. The van der Waals surface area contributed by atoms with Crippen molar-refractivity contribution in [2.24, 2.45) is 0 Å². The van der Waals surface area contributed by atoms with Crippen LogP contribution in [0.3, 0.4) is 0 Å². The summed E-state index contributed by atoms with van der Waals surface area (Å²) in [6.45, 7) is 0.895. The van der Waals surface area contributed by atoms with Gasteiger partial charge in [-0.25, -0.2) is 8.78 Å². The zero-order chi connectivity index (χ0) is 12.5. The molecule has 0 aliphatic carbocycles. The smallest absolute Gasteiger partial charge is 0.249 e. The molecule has 0 aliphatic rings. The van der Waals surface area contributed by atoms with Gasteiger partial charge in [-0.2, -0.15) is 0 Å². The molecule has 3 nitrogen and oxygen atoms in total. The van der Waals surface area contributed by atoms with Crippen LogP contribution in [0.2, 0.25) is 0 Å². The van der Waals surface area contributed by atoms with Crippen LogP contribution in [-0.4, -0.2) is 11.1 Å². The molecule has 0 bridgehead atoms. The van der Waals surface area contributed by atoms with Gasteiger partial charge in [0.05, 0.1) is 0 Å². The zero-order valence-electron chi connectivity index (χ0n) is 9.28. The summed E-state index contributed by atoms with van der Waals surface area (Å²) in [7, 11) is 0. The minimum atomic E-state index is -2.72. The Kier molecular flexibility index (Phi) is 2.83. The average molecular weight is 238 g/mol. The number of hydrogen-bond donors (Lipinski definition) is 1. The summed E-state index contributed by atoms with van der Waals surface area (Å²) in [6.07, 6.45) is -0.301. The van der Waals surface area contributed by atoms with E-state index in [1.807, 2.05) is 0 Å². The minimum Gasteiger partial charge on any atom is -0.381 e. The molecule has 0 saturated carbocycles. The number of rotatable bonds is 3. The summed E-state index contributed by atoms with van der Waals surface area (Å²) in [5.74, 6) is -1.98. The molecule has 1 aromatic carbocycles. The Balaban J connectivity index is 2.29. The number of halogens is 2. The van der Waals surface area contributed by atoms with E-state index in [1.165, 1.54) is 0 Å². The van der Waals surface area contributed by atoms with Gasteiger partial charge in [0, 0.05) is 18.1 Å². The summed E-state index contributed by atoms with van der Waals surface area (Å²) < 4.78 is 30.8. The van der Waals surface area contributed by atoms with Crippen molar-refractivity contribution in [3.8, 4) is 11.3 Å². The van der Waals surface area contributed by atoms with Gasteiger partial charge in [0.25, 0.3) is 0 Å². The van der Waals surface area contributed by atoms with Crippen LogP contribution in [0.5, 0.6) is 0 Å². The van der Waals surface area contributed by atoms with Gasteiger partial charge in [0.1, 0.15) is 0 Å². The van der Waals surface area contributed by atoms with Crippen molar-refractivity contribution < 1.29 is 13.3 Å². The molecule has 90 valence electrons. The Morgan fingerprint density at radius 2 is 2.12 bits per heavy atom. The van der Waals surface area contributed by atoms with Gasteiger partial charge in [-0.1, -0.05) is 23.4 Å². The van der Waals surface area contributed by atoms with E-state index >= 15 is 0 Å². The SMILES string of the molecule is CC(F)(F)Cc1cccc(-c2cc(N)no2)c1. The first-order valence-electron chi connectivity index (χ1n) is 5.13. The van der Waals surface area contributed by atoms with E-state index in [2.05, 4.69) is 5.16 Å². The summed E-state index contributed by atoms with van der Waals surface area (Å²) in [4.78, 5) is 0. The van der Waals surface area contributed by atoms with Gasteiger partial charge in [-0.15, -0.1) is 0 Å². The molecule has 0 radical (unpaired) electrons. The third-order valence-electron chi connectivity index (χ3n) is 2.25. The summed E-state index contributed by atoms with van der Waals surface area (Å²) >= 11 is 0. The highest BCUT2D eigenvalue weighted by Gasteiger charge is 2.21. The van der Waals surface area contributed by atoms with Gasteiger partial charge in [-0.05, 0) is 18.6 Å². The Labute approximate surface area is 97.2 Å². The summed E-state index contributed by atoms with van der Waals surface area (Å²) in [5.41, 5.74) is 6.67. The predicted molar refractivity (Wildman–Crippen MR) is 60.7 cm³/mol. The van der Waals surface area contributed by atoms with Crippen LogP contribution < -0.4 is 5.73 Å². The van der Waals surface area contributed by atoms with Gasteiger partial charge in [0.2, 0.25) is 5.92 Å². The number of nitrogen functional groups attached to an aromatic ring is 1. The van der Waals surface area contributed by atoms with Crippen LogP contribution in [0.25, 0.3) is 11.3 Å². The summed E-state index contributed by atoms with van der Waals surface area (Å²) in [5, 5.41) is 3.55. The van der Waals surface area contributed by atoms with E-state index in [1.54, 1.807) is 30.3 Å². The lowest BCUT2D eigenvalue weighted by Gasteiger charge is -2.10. The number of aromatic nitrogens is 1. The van der Waals surface area contributed by atoms with Crippen molar-refractivity contribution in [2.75, 3.05) is 5.73 Å². The molecule has 1 aromatic heterocycles. The monoisotopic (exact) mass is 238 g/mol. The third-order valence-corrected chi connectivity index (χ3v) is 2.25. The number of benzene rings is 1. The lowest BCUT2D eigenvalue weighted by atomic mass is 10.0. The van der Waals surface area contributed by atoms with Crippen molar-refractivity contribution in [1.82, 2.24) is 5.16 Å². The third kappa shape index (κ3) is 3.03. The Bertz CT molecular complexity index is 517. The van der Waals surface area contributed by atoms with Gasteiger partial charge < -0.3 is 10.3 Å². The molecule has 0 atom stereocenters.